The van der Waals surface area contributed by atoms with Gasteiger partial charge in [0.1, 0.15) is 11.8 Å². The Bertz CT molecular complexity index is 530. The molecule has 2 aromatic rings. The molecule has 0 unspecified atom stereocenters. The summed E-state index contributed by atoms with van der Waals surface area (Å²) in [7, 11) is 0. The Hall–Kier alpha value is -1.68. The molecule has 0 saturated heterocycles. The number of rotatable bonds is 2. The smallest absolute Gasteiger partial charge is 0.228 e. The third-order valence-electron chi connectivity index (χ3n) is 1.87. The minimum atomic E-state index is 0.350. The Morgan fingerprint density at radius 2 is 1.94 bits per heavy atom. The molecule has 2 rings (SSSR count). The second kappa shape index (κ2) is 4.90. The quantitative estimate of drug-likeness (QED) is 0.864. The van der Waals surface area contributed by atoms with Crippen molar-refractivity contribution in [1.82, 2.24) is 9.97 Å². The maximum Gasteiger partial charge on any atom is 0.228 e. The first kappa shape index (κ1) is 10.8. The highest BCUT2D eigenvalue weighted by Gasteiger charge is 1.98. The molecule has 16 heavy (non-hydrogen) atoms. The fourth-order valence-corrected chi connectivity index (χ4v) is 1.50. The number of halogens is 1. The van der Waals surface area contributed by atoms with E-state index in [9.17, 15) is 0 Å². The lowest BCUT2D eigenvalue weighted by molar-refractivity contribution is 1.14. The summed E-state index contributed by atoms with van der Waals surface area (Å²) in [6.07, 6.45) is 1.56. The van der Waals surface area contributed by atoms with E-state index in [0.717, 1.165) is 9.26 Å². The highest BCUT2D eigenvalue weighted by Crippen LogP contribution is 2.14. The molecule has 0 atom stereocenters. The second-order valence-electron chi connectivity index (χ2n) is 3.01. The second-order valence-corrected chi connectivity index (χ2v) is 4.25. The van der Waals surface area contributed by atoms with Crippen LogP contribution in [0.3, 0.4) is 0 Å². The highest BCUT2D eigenvalue weighted by atomic mass is 127. The van der Waals surface area contributed by atoms with E-state index in [-0.39, 0.29) is 0 Å². The number of nitrogens with one attached hydrogen (secondary N) is 1. The maximum atomic E-state index is 8.70. The Balaban J connectivity index is 2.21. The van der Waals surface area contributed by atoms with Crippen molar-refractivity contribution >= 4 is 34.2 Å². The van der Waals surface area contributed by atoms with E-state index in [1.165, 1.54) is 0 Å². The number of aromatic nitrogens is 2. The number of hydrogen-bond acceptors (Lipinski definition) is 4. The minimum absolute atomic E-state index is 0.350. The lowest BCUT2D eigenvalue weighted by atomic mass is 10.3. The molecule has 0 aliphatic heterocycles. The summed E-state index contributed by atoms with van der Waals surface area (Å²) in [5, 5.41) is 11.7. The van der Waals surface area contributed by atoms with Gasteiger partial charge in [0.2, 0.25) is 5.95 Å². The van der Waals surface area contributed by atoms with E-state index < -0.39 is 0 Å². The van der Waals surface area contributed by atoms with Crippen LogP contribution in [0.4, 0.5) is 11.6 Å². The number of hydrogen-bond donors (Lipinski definition) is 1. The average molecular weight is 322 g/mol. The zero-order chi connectivity index (χ0) is 11.4. The molecule has 4 nitrogen and oxygen atoms in total. The number of nitriles is 1. The summed E-state index contributed by atoms with van der Waals surface area (Å²) in [6, 6.07) is 11.4. The van der Waals surface area contributed by atoms with Crippen LogP contribution in [0, 0.1) is 14.9 Å². The lowest BCUT2D eigenvalue weighted by Gasteiger charge is -2.03. The SMILES string of the molecule is N#Cc1ccnc(Nc2ccc(I)cc2)n1. The zero-order valence-electron chi connectivity index (χ0n) is 8.18. The number of nitrogens with zero attached hydrogens (tertiary/aromatic N) is 3. The van der Waals surface area contributed by atoms with Crippen molar-refractivity contribution in [2.45, 2.75) is 0 Å². The molecule has 1 aromatic carbocycles. The summed E-state index contributed by atoms with van der Waals surface area (Å²) in [4.78, 5) is 8.05. The van der Waals surface area contributed by atoms with Gasteiger partial charge in [-0.25, -0.2) is 9.97 Å². The van der Waals surface area contributed by atoms with Crippen molar-refractivity contribution in [2.24, 2.45) is 0 Å². The van der Waals surface area contributed by atoms with E-state index in [2.05, 4.69) is 37.9 Å². The van der Waals surface area contributed by atoms with Crippen molar-refractivity contribution in [3.8, 4) is 6.07 Å². The van der Waals surface area contributed by atoms with Crippen LogP contribution in [0.2, 0.25) is 0 Å². The molecule has 1 aromatic heterocycles. The molecule has 1 heterocycles. The zero-order valence-corrected chi connectivity index (χ0v) is 10.3. The summed E-state index contributed by atoms with van der Waals surface area (Å²) >= 11 is 2.24. The van der Waals surface area contributed by atoms with Gasteiger partial charge < -0.3 is 5.32 Å². The number of anilines is 2. The van der Waals surface area contributed by atoms with E-state index in [0.29, 0.717) is 11.6 Å². The first-order valence-electron chi connectivity index (χ1n) is 4.53. The Morgan fingerprint density at radius 1 is 1.19 bits per heavy atom. The van der Waals surface area contributed by atoms with E-state index >= 15 is 0 Å². The van der Waals surface area contributed by atoms with Gasteiger partial charge in [0.25, 0.3) is 0 Å². The third kappa shape index (κ3) is 2.67. The van der Waals surface area contributed by atoms with Crippen molar-refractivity contribution in [3.63, 3.8) is 0 Å². The first-order chi connectivity index (χ1) is 7.78. The molecular weight excluding hydrogens is 315 g/mol. The molecule has 0 saturated carbocycles. The van der Waals surface area contributed by atoms with Crippen LogP contribution < -0.4 is 5.32 Å². The average Bonchev–Trinajstić information content (AvgIpc) is 2.32. The van der Waals surface area contributed by atoms with Crippen LogP contribution in [0.5, 0.6) is 0 Å². The van der Waals surface area contributed by atoms with Crippen molar-refractivity contribution in [1.29, 1.82) is 5.26 Å². The number of benzene rings is 1. The fraction of sp³-hybridized carbons (Fsp3) is 0. The van der Waals surface area contributed by atoms with Gasteiger partial charge in [-0.15, -0.1) is 0 Å². The molecule has 0 spiro atoms. The van der Waals surface area contributed by atoms with Gasteiger partial charge in [-0.1, -0.05) is 0 Å². The summed E-state index contributed by atoms with van der Waals surface area (Å²) in [5.74, 6) is 0.431. The maximum absolute atomic E-state index is 8.70. The summed E-state index contributed by atoms with van der Waals surface area (Å²) < 4.78 is 1.16. The van der Waals surface area contributed by atoms with E-state index in [1.54, 1.807) is 12.3 Å². The summed E-state index contributed by atoms with van der Waals surface area (Å²) in [5.41, 5.74) is 1.25. The third-order valence-corrected chi connectivity index (χ3v) is 2.59. The van der Waals surface area contributed by atoms with Gasteiger partial charge in [-0.3, -0.25) is 0 Å². The molecule has 0 amide bonds. The van der Waals surface area contributed by atoms with Crippen LogP contribution in [-0.4, -0.2) is 9.97 Å². The van der Waals surface area contributed by atoms with Crippen molar-refractivity contribution in [3.05, 3.63) is 45.8 Å². The minimum Gasteiger partial charge on any atom is -0.324 e. The molecular formula is C11H7IN4. The molecule has 0 aliphatic carbocycles. The van der Waals surface area contributed by atoms with E-state index in [1.807, 2.05) is 30.3 Å². The molecule has 0 aliphatic rings. The van der Waals surface area contributed by atoms with Crippen molar-refractivity contribution < 1.29 is 0 Å². The lowest BCUT2D eigenvalue weighted by Crippen LogP contribution is -1.97. The molecule has 1 N–H and O–H groups in total. The highest BCUT2D eigenvalue weighted by molar-refractivity contribution is 14.1. The van der Waals surface area contributed by atoms with Crippen LogP contribution in [-0.2, 0) is 0 Å². The van der Waals surface area contributed by atoms with Gasteiger partial charge in [-0.05, 0) is 52.9 Å². The predicted molar refractivity (Wildman–Crippen MR) is 69.2 cm³/mol. The monoisotopic (exact) mass is 322 g/mol. The molecule has 0 radical (unpaired) electrons. The first-order valence-corrected chi connectivity index (χ1v) is 5.61. The van der Waals surface area contributed by atoms with Crippen molar-refractivity contribution in [2.75, 3.05) is 5.32 Å². The Kier molecular flexibility index (Phi) is 3.31. The fourth-order valence-electron chi connectivity index (χ4n) is 1.14. The summed E-state index contributed by atoms with van der Waals surface area (Å²) in [6.45, 7) is 0. The van der Waals surface area contributed by atoms with Gasteiger partial charge in [0, 0.05) is 15.5 Å². The van der Waals surface area contributed by atoms with Crippen LogP contribution in [0.1, 0.15) is 5.69 Å². The van der Waals surface area contributed by atoms with Crippen LogP contribution >= 0.6 is 22.6 Å². The van der Waals surface area contributed by atoms with Crippen LogP contribution in [0.15, 0.2) is 36.5 Å². The molecule has 78 valence electrons. The van der Waals surface area contributed by atoms with Gasteiger partial charge in [0.05, 0.1) is 0 Å². The Labute approximate surface area is 106 Å². The molecule has 0 fully saturated rings. The van der Waals surface area contributed by atoms with Gasteiger partial charge in [-0.2, -0.15) is 5.26 Å². The molecule has 0 bridgehead atoms. The predicted octanol–water partition coefficient (Wildman–Crippen LogP) is 2.70. The van der Waals surface area contributed by atoms with Gasteiger partial charge in [0.15, 0.2) is 0 Å². The normalized spacial score (nSPS) is 9.50. The van der Waals surface area contributed by atoms with E-state index in [4.69, 9.17) is 5.26 Å². The Morgan fingerprint density at radius 3 is 2.62 bits per heavy atom. The largest absolute Gasteiger partial charge is 0.324 e. The van der Waals surface area contributed by atoms with Crippen LogP contribution in [0.25, 0.3) is 0 Å². The standard InChI is InChI=1S/C11H7IN4/c12-8-1-3-9(4-2-8)15-11-14-6-5-10(7-13)16-11/h1-6H,(H,14,15,16). The topological polar surface area (TPSA) is 61.6 Å². The molecule has 5 heteroatoms. The van der Waals surface area contributed by atoms with Gasteiger partial charge >= 0.3 is 0 Å².